The van der Waals surface area contributed by atoms with Crippen LogP contribution in [0.5, 0.6) is 0 Å². The Balaban J connectivity index is 2.38. The number of thiophene rings is 1. The number of sulfonamides is 1. The second kappa shape index (κ2) is 5.51. The molecule has 0 atom stereocenters. The first-order valence-electron chi connectivity index (χ1n) is 5.10. The van der Waals surface area contributed by atoms with Crippen molar-refractivity contribution in [1.29, 1.82) is 0 Å². The molecule has 0 aliphatic heterocycles. The summed E-state index contributed by atoms with van der Waals surface area (Å²) in [6.45, 7) is 0. The minimum absolute atomic E-state index is 0.0502. The fraction of sp³-hybridized carbons (Fsp3) is 0. The van der Waals surface area contributed by atoms with E-state index in [1.165, 1.54) is 23.6 Å². The molecule has 0 saturated heterocycles. The first kappa shape index (κ1) is 14.9. The SMILES string of the molecule is O=C(O)c1sccc1NS(=O)(=O)c1ccc(Br)c(F)c1. The number of carboxylic acid groups (broad SMARTS) is 1. The van der Waals surface area contributed by atoms with Crippen molar-refractivity contribution in [2.75, 3.05) is 4.72 Å². The van der Waals surface area contributed by atoms with Crippen LogP contribution in [-0.4, -0.2) is 19.5 Å². The summed E-state index contributed by atoms with van der Waals surface area (Å²) < 4.78 is 39.7. The molecule has 1 aromatic heterocycles. The Morgan fingerprint density at radius 1 is 1.35 bits per heavy atom. The van der Waals surface area contributed by atoms with E-state index in [-0.39, 0.29) is 19.9 Å². The van der Waals surface area contributed by atoms with E-state index in [2.05, 4.69) is 20.7 Å². The minimum atomic E-state index is -4.05. The summed E-state index contributed by atoms with van der Waals surface area (Å²) in [5, 5.41) is 10.4. The van der Waals surface area contributed by atoms with Crippen LogP contribution >= 0.6 is 27.3 Å². The van der Waals surface area contributed by atoms with Gasteiger partial charge in [0.05, 0.1) is 15.1 Å². The Bertz CT molecular complexity index is 772. The van der Waals surface area contributed by atoms with Crippen LogP contribution in [0.4, 0.5) is 10.1 Å². The van der Waals surface area contributed by atoms with Gasteiger partial charge in [-0.3, -0.25) is 4.72 Å². The molecule has 0 aliphatic rings. The summed E-state index contributed by atoms with van der Waals surface area (Å²) in [5.41, 5.74) is -0.0502. The first-order valence-corrected chi connectivity index (χ1v) is 8.25. The third kappa shape index (κ3) is 3.00. The maximum atomic E-state index is 13.4. The summed E-state index contributed by atoms with van der Waals surface area (Å²) in [6.07, 6.45) is 0. The van der Waals surface area contributed by atoms with E-state index in [4.69, 9.17) is 5.11 Å². The molecule has 9 heteroatoms. The molecule has 2 aromatic rings. The standard InChI is InChI=1S/C11H7BrFNO4S2/c12-7-2-1-6(5-8(7)13)20(17,18)14-9-3-4-19-10(9)11(15)16/h1-5,14H,(H,15,16). The molecule has 0 radical (unpaired) electrons. The van der Waals surface area contributed by atoms with E-state index < -0.39 is 21.8 Å². The normalized spacial score (nSPS) is 11.3. The lowest BCUT2D eigenvalue weighted by atomic mass is 10.3. The van der Waals surface area contributed by atoms with Gasteiger partial charge in [0.1, 0.15) is 10.7 Å². The van der Waals surface area contributed by atoms with Gasteiger partial charge in [0.25, 0.3) is 10.0 Å². The van der Waals surface area contributed by atoms with Gasteiger partial charge in [-0.2, -0.15) is 0 Å². The molecule has 0 spiro atoms. The van der Waals surface area contributed by atoms with E-state index in [0.717, 1.165) is 17.4 Å². The van der Waals surface area contributed by atoms with Gasteiger partial charge in [-0.1, -0.05) is 0 Å². The zero-order chi connectivity index (χ0) is 14.9. The van der Waals surface area contributed by atoms with Crippen LogP contribution in [0.15, 0.2) is 39.0 Å². The lowest BCUT2D eigenvalue weighted by molar-refractivity contribution is 0.0703. The van der Waals surface area contributed by atoms with Gasteiger partial charge in [0.2, 0.25) is 0 Å². The van der Waals surface area contributed by atoms with Crippen molar-refractivity contribution < 1.29 is 22.7 Å². The van der Waals surface area contributed by atoms with Crippen LogP contribution in [0.3, 0.4) is 0 Å². The number of rotatable bonds is 4. The lowest BCUT2D eigenvalue weighted by Gasteiger charge is -2.08. The predicted octanol–water partition coefficient (Wildman–Crippen LogP) is 3.15. The second-order valence-electron chi connectivity index (χ2n) is 3.65. The molecule has 0 saturated carbocycles. The van der Waals surface area contributed by atoms with Crippen molar-refractivity contribution in [3.8, 4) is 0 Å². The molecule has 0 bridgehead atoms. The molecule has 20 heavy (non-hydrogen) atoms. The average Bonchev–Trinajstić information content (AvgIpc) is 2.80. The molecule has 1 aromatic carbocycles. The zero-order valence-electron chi connectivity index (χ0n) is 9.63. The number of aromatic carboxylic acids is 1. The number of benzene rings is 1. The third-order valence-electron chi connectivity index (χ3n) is 2.31. The van der Waals surface area contributed by atoms with E-state index >= 15 is 0 Å². The summed E-state index contributed by atoms with van der Waals surface area (Å²) in [6, 6.07) is 4.65. The van der Waals surface area contributed by atoms with Crippen LogP contribution in [0.1, 0.15) is 9.67 Å². The maximum absolute atomic E-state index is 13.4. The molecular weight excluding hydrogens is 373 g/mol. The second-order valence-corrected chi connectivity index (χ2v) is 7.10. The van der Waals surface area contributed by atoms with E-state index in [0.29, 0.717) is 0 Å². The quantitative estimate of drug-likeness (QED) is 0.854. The van der Waals surface area contributed by atoms with E-state index in [1.807, 2.05) is 0 Å². The lowest BCUT2D eigenvalue weighted by Crippen LogP contribution is -2.14. The Morgan fingerprint density at radius 3 is 2.65 bits per heavy atom. The molecular formula is C11H7BrFNO4S2. The molecule has 0 unspecified atom stereocenters. The topological polar surface area (TPSA) is 83.5 Å². The number of carbonyl (C=O) groups is 1. The fourth-order valence-corrected chi connectivity index (χ4v) is 3.48. The summed E-state index contributed by atoms with van der Waals surface area (Å²) in [4.78, 5) is 10.5. The highest BCUT2D eigenvalue weighted by atomic mass is 79.9. The molecule has 5 nitrogen and oxygen atoms in total. The van der Waals surface area contributed by atoms with Crippen LogP contribution in [0, 0.1) is 5.82 Å². The van der Waals surface area contributed by atoms with Gasteiger partial charge in [0, 0.05) is 0 Å². The van der Waals surface area contributed by atoms with Gasteiger partial charge >= 0.3 is 5.97 Å². The summed E-state index contributed by atoms with van der Waals surface area (Å²) >= 11 is 3.81. The molecule has 0 aliphatic carbocycles. The highest BCUT2D eigenvalue weighted by Crippen LogP contribution is 2.26. The van der Waals surface area contributed by atoms with Crippen LogP contribution in [-0.2, 0) is 10.0 Å². The number of hydrogen-bond acceptors (Lipinski definition) is 4. The highest BCUT2D eigenvalue weighted by molar-refractivity contribution is 9.10. The molecule has 0 amide bonds. The van der Waals surface area contributed by atoms with Crippen molar-refractivity contribution >= 4 is 48.9 Å². The van der Waals surface area contributed by atoms with E-state index in [9.17, 15) is 17.6 Å². The van der Waals surface area contributed by atoms with Gasteiger partial charge in [-0.15, -0.1) is 11.3 Å². The van der Waals surface area contributed by atoms with Gasteiger partial charge < -0.3 is 5.11 Å². The Labute approximate surface area is 126 Å². The maximum Gasteiger partial charge on any atom is 0.348 e. The Hall–Kier alpha value is -1.45. The predicted molar refractivity (Wildman–Crippen MR) is 76.2 cm³/mol. The van der Waals surface area contributed by atoms with Gasteiger partial charge in [-0.05, 0) is 45.6 Å². The fourth-order valence-electron chi connectivity index (χ4n) is 1.40. The van der Waals surface area contributed by atoms with Crippen molar-refractivity contribution in [2.24, 2.45) is 0 Å². The Kier molecular flexibility index (Phi) is 4.11. The minimum Gasteiger partial charge on any atom is -0.477 e. The summed E-state index contributed by atoms with van der Waals surface area (Å²) in [7, 11) is -4.05. The van der Waals surface area contributed by atoms with E-state index in [1.54, 1.807) is 0 Å². The first-order chi connectivity index (χ1) is 9.31. The number of nitrogens with one attached hydrogen (secondary N) is 1. The monoisotopic (exact) mass is 379 g/mol. The van der Waals surface area contributed by atoms with Crippen molar-refractivity contribution in [3.05, 3.63) is 44.8 Å². The van der Waals surface area contributed by atoms with Crippen molar-refractivity contribution in [1.82, 2.24) is 0 Å². The van der Waals surface area contributed by atoms with Gasteiger partial charge in [0.15, 0.2) is 0 Å². The number of anilines is 1. The molecule has 2 rings (SSSR count). The highest BCUT2D eigenvalue weighted by Gasteiger charge is 2.20. The average molecular weight is 380 g/mol. The molecule has 0 fully saturated rings. The van der Waals surface area contributed by atoms with Gasteiger partial charge in [-0.25, -0.2) is 17.6 Å². The largest absolute Gasteiger partial charge is 0.477 e. The van der Waals surface area contributed by atoms with Crippen LogP contribution in [0.2, 0.25) is 0 Å². The smallest absolute Gasteiger partial charge is 0.348 e. The van der Waals surface area contributed by atoms with Crippen molar-refractivity contribution in [2.45, 2.75) is 4.90 Å². The zero-order valence-corrected chi connectivity index (χ0v) is 12.9. The molecule has 1 heterocycles. The van der Waals surface area contributed by atoms with Crippen molar-refractivity contribution in [3.63, 3.8) is 0 Å². The number of hydrogen-bond donors (Lipinski definition) is 2. The summed E-state index contributed by atoms with van der Waals surface area (Å²) in [5.74, 6) is -1.96. The molecule has 106 valence electrons. The Morgan fingerprint density at radius 2 is 2.05 bits per heavy atom. The number of carboxylic acids is 1. The number of halogens is 2. The molecule has 2 N–H and O–H groups in total. The van der Waals surface area contributed by atoms with Crippen LogP contribution in [0.25, 0.3) is 0 Å². The van der Waals surface area contributed by atoms with Crippen LogP contribution < -0.4 is 4.72 Å². The third-order valence-corrected chi connectivity index (χ3v) is 5.21.